The van der Waals surface area contributed by atoms with Crippen LogP contribution in [-0.4, -0.2) is 45.9 Å². The molecule has 0 radical (unpaired) electrons. The molecule has 1 aromatic heterocycles. The zero-order valence-electron chi connectivity index (χ0n) is 17.0. The summed E-state index contributed by atoms with van der Waals surface area (Å²) in [5.74, 6) is -1.46. The highest BCUT2D eigenvalue weighted by molar-refractivity contribution is 6.46. The Morgan fingerprint density at radius 1 is 1.21 bits per heavy atom. The van der Waals surface area contributed by atoms with Crippen molar-refractivity contribution >= 4 is 17.4 Å². The second-order valence-electron chi connectivity index (χ2n) is 7.42. The molecule has 1 unspecified atom stereocenters. The quantitative estimate of drug-likeness (QED) is 0.336. The fourth-order valence-electron chi connectivity index (χ4n) is 3.42. The van der Waals surface area contributed by atoms with E-state index in [9.17, 15) is 14.7 Å². The molecular formula is C23H26N2O4. The van der Waals surface area contributed by atoms with E-state index in [-0.39, 0.29) is 17.4 Å². The summed E-state index contributed by atoms with van der Waals surface area (Å²) >= 11 is 0. The average Bonchev–Trinajstić information content (AvgIpc) is 2.96. The van der Waals surface area contributed by atoms with Crippen LogP contribution in [0, 0.1) is 6.92 Å². The molecular weight excluding hydrogens is 368 g/mol. The third-order valence-electron chi connectivity index (χ3n) is 4.86. The van der Waals surface area contributed by atoms with E-state index in [1.165, 1.54) is 4.90 Å². The molecule has 2 aromatic rings. The van der Waals surface area contributed by atoms with E-state index in [2.05, 4.69) is 4.98 Å². The van der Waals surface area contributed by atoms with Gasteiger partial charge in [0, 0.05) is 31.1 Å². The normalized spacial score (nSPS) is 18.6. The monoisotopic (exact) mass is 394 g/mol. The van der Waals surface area contributed by atoms with Crippen molar-refractivity contribution in [2.45, 2.75) is 39.3 Å². The molecule has 29 heavy (non-hydrogen) atoms. The molecule has 0 bridgehead atoms. The van der Waals surface area contributed by atoms with Gasteiger partial charge in [0.25, 0.3) is 11.7 Å². The van der Waals surface area contributed by atoms with Crippen LogP contribution in [0.25, 0.3) is 5.76 Å². The number of likely N-dealkylation sites (tertiary alicyclic amines) is 1. The zero-order valence-corrected chi connectivity index (χ0v) is 17.0. The summed E-state index contributed by atoms with van der Waals surface area (Å²) in [6.45, 7) is 6.67. The summed E-state index contributed by atoms with van der Waals surface area (Å²) in [7, 11) is 0. The lowest BCUT2D eigenvalue weighted by atomic mass is 9.96. The first kappa shape index (κ1) is 20.7. The summed E-state index contributed by atoms with van der Waals surface area (Å²) in [6.07, 6.45) is 3.94. The van der Waals surface area contributed by atoms with Crippen molar-refractivity contribution in [1.29, 1.82) is 0 Å². The number of pyridine rings is 1. The minimum absolute atomic E-state index is 0.0941. The number of benzene rings is 1. The van der Waals surface area contributed by atoms with Gasteiger partial charge in [-0.15, -0.1) is 0 Å². The number of ketones is 1. The Balaban J connectivity index is 1.99. The molecule has 0 aliphatic carbocycles. The van der Waals surface area contributed by atoms with Crippen LogP contribution >= 0.6 is 0 Å². The standard InChI is InChI=1S/C23H26N2O4/c1-15(2)29-13-5-12-25-20(18-6-4-11-24-14-18)19(22(27)23(25)28)21(26)17-9-7-16(3)8-10-17/h4,6-11,14-15,20,26H,5,12-13H2,1-3H3/b21-19+. The third kappa shape index (κ3) is 4.54. The Bertz CT molecular complexity index is 904. The Hall–Kier alpha value is -2.99. The number of carbonyl (C=O) groups excluding carboxylic acids is 2. The third-order valence-corrected chi connectivity index (χ3v) is 4.86. The molecule has 152 valence electrons. The molecule has 1 aliphatic rings. The lowest BCUT2D eigenvalue weighted by Gasteiger charge is -2.25. The number of rotatable bonds is 7. The van der Waals surface area contributed by atoms with Crippen molar-refractivity contribution in [2.75, 3.05) is 13.2 Å². The van der Waals surface area contributed by atoms with Gasteiger partial charge < -0.3 is 14.7 Å². The van der Waals surface area contributed by atoms with Crippen LogP contribution in [0.2, 0.25) is 0 Å². The van der Waals surface area contributed by atoms with Crippen LogP contribution in [0.4, 0.5) is 0 Å². The molecule has 1 fully saturated rings. The smallest absolute Gasteiger partial charge is 0.295 e. The highest BCUT2D eigenvalue weighted by Crippen LogP contribution is 2.39. The van der Waals surface area contributed by atoms with Crippen LogP contribution in [0.1, 0.15) is 43.0 Å². The summed E-state index contributed by atoms with van der Waals surface area (Å²) in [5, 5.41) is 10.9. The fraction of sp³-hybridized carbons (Fsp3) is 0.348. The van der Waals surface area contributed by atoms with Gasteiger partial charge in [0.05, 0.1) is 17.7 Å². The molecule has 1 N–H and O–H groups in total. The molecule has 3 rings (SSSR count). The molecule has 2 heterocycles. The van der Waals surface area contributed by atoms with E-state index in [0.29, 0.717) is 30.7 Å². The Kier molecular flexibility index (Phi) is 6.44. The highest BCUT2D eigenvalue weighted by atomic mass is 16.5. The zero-order chi connectivity index (χ0) is 21.0. The van der Waals surface area contributed by atoms with Gasteiger partial charge in [-0.2, -0.15) is 0 Å². The number of aromatic nitrogens is 1. The number of Topliss-reactive ketones (excluding diaryl/α,β-unsaturated/α-hetero) is 1. The van der Waals surface area contributed by atoms with Gasteiger partial charge in [-0.05, 0) is 38.8 Å². The van der Waals surface area contributed by atoms with Crippen LogP contribution in [-0.2, 0) is 14.3 Å². The van der Waals surface area contributed by atoms with Gasteiger partial charge in [-0.3, -0.25) is 14.6 Å². The van der Waals surface area contributed by atoms with Crippen molar-refractivity contribution in [2.24, 2.45) is 0 Å². The number of aliphatic hydroxyl groups excluding tert-OH is 1. The minimum Gasteiger partial charge on any atom is -0.507 e. The number of hydrogen-bond donors (Lipinski definition) is 1. The van der Waals surface area contributed by atoms with E-state index in [1.54, 1.807) is 30.6 Å². The van der Waals surface area contributed by atoms with Gasteiger partial charge in [-0.1, -0.05) is 35.9 Å². The first-order valence-corrected chi connectivity index (χ1v) is 9.77. The first-order valence-electron chi connectivity index (χ1n) is 9.77. The molecule has 1 aliphatic heterocycles. The number of amides is 1. The van der Waals surface area contributed by atoms with Gasteiger partial charge in [0.2, 0.25) is 0 Å². The van der Waals surface area contributed by atoms with Crippen LogP contribution in [0.15, 0.2) is 54.4 Å². The van der Waals surface area contributed by atoms with Crippen molar-refractivity contribution in [3.8, 4) is 0 Å². The average molecular weight is 394 g/mol. The maximum absolute atomic E-state index is 12.9. The highest BCUT2D eigenvalue weighted by Gasteiger charge is 2.45. The number of aliphatic hydroxyl groups is 1. The minimum atomic E-state index is -0.679. The number of carbonyl (C=O) groups is 2. The topological polar surface area (TPSA) is 79.7 Å². The largest absolute Gasteiger partial charge is 0.507 e. The van der Waals surface area contributed by atoms with Gasteiger partial charge in [0.15, 0.2) is 0 Å². The molecule has 0 spiro atoms. The van der Waals surface area contributed by atoms with E-state index >= 15 is 0 Å². The van der Waals surface area contributed by atoms with Crippen LogP contribution in [0.3, 0.4) is 0 Å². The lowest BCUT2D eigenvalue weighted by molar-refractivity contribution is -0.140. The summed E-state index contributed by atoms with van der Waals surface area (Å²) in [4.78, 5) is 31.3. The maximum Gasteiger partial charge on any atom is 0.295 e. The predicted octanol–water partition coefficient (Wildman–Crippen LogP) is 3.63. The second-order valence-corrected chi connectivity index (χ2v) is 7.42. The van der Waals surface area contributed by atoms with Gasteiger partial charge in [-0.25, -0.2) is 0 Å². The molecule has 1 saturated heterocycles. The number of aryl methyl sites for hydroxylation is 1. The first-order chi connectivity index (χ1) is 13.9. The number of ether oxygens (including phenoxy) is 1. The van der Waals surface area contributed by atoms with E-state index in [4.69, 9.17) is 4.74 Å². The van der Waals surface area contributed by atoms with Gasteiger partial charge in [0.1, 0.15) is 5.76 Å². The number of hydrogen-bond acceptors (Lipinski definition) is 5. The van der Waals surface area contributed by atoms with E-state index in [1.807, 2.05) is 39.0 Å². The van der Waals surface area contributed by atoms with Crippen molar-refractivity contribution in [3.05, 3.63) is 71.1 Å². The van der Waals surface area contributed by atoms with Crippen molar-refractivity contribution < 1.29 is 19.4 Å². The van der Waals surface area contributed by atoms with Crippen molar-refractivity contribution in [1.82, 2.24) is 9.88 Å². The fourth-order valence-corrected chi connectivity index (χ4v) is 3.42. The van der Waals surface area contributed by atoms with Crippen LogP contribution < -0.4 is 0 Å². The summed E-state index contributed by atoms with van der Waals surface area (Å²) < 4.78 is 5.56. The molecule has 1 aromatic carbocycles. The summed E-state index contributed by atoms with van der Waals surface area (Å²) in [5.41, 5.74) is 2.32. The van der Waals surface area contributed by atoms with Crippen LogP contribution in [0.5, 0.6) is 0 Å². The molecule has 6 nitrogen and oxygen atoms in total. The SMILES string of the molecule is Cc1ccc(/C(O)=C2\C(=O)C(=O)N(CCCOC(C)C)C2c2cccnc2)cc1. The Labute approximate surface area is 170 Å². The van der Waals surface area contributed by atoms with Gasteiger partial charge >= 0.3 is 0 Å². The summed E-state index contributed by atoms with van der Waals surface area (Å²) in [6, 6.07) is 10.1. The maximum atomic E-state index is 12.9. The lowest BCUT2D eigenvalue weighted by Crippen LogP contribution is -2.31. The Morgan fingerprint density at radius 3 is 2.55 bits per heavy atom. The Morgan fingerprint density at radius 2 is 1.93 bits per heavy atom. The van der Waals surface area contributed by atoms with E-state index in [0.717, 1.165) is 5.56 Å². The van der Waals surface area contributed by atoms with Crippen molar-refractivity contribution in [3.63, 3.8) is 0 Å². The molecule has 6 heteroatoms. The molecule has 0 saturated carbocycles. The molecule has 1 atom stereocenters. The predicted molar refractivity (Wildman–Crippen MR) is 110 cm³/mol. The molecule has 1 amide bonds. The van der Waals surface area contributed by atoms with E-state index < -0.39 is 17.7 Å². The number of nitrogens with zero attached hydrogens (tertiary/aromatic N) is 2. The second kappa shape index (κ2) is 9.01.